The molecule has 7 heteroatoms. The number of aromatic nitrogens is 3. The number of nitriles is 1. The van der Waals surface area contributed by atoms with Crippen LogP contribution < -0.4 is 5.56 Å². The number of thiophene rings is 1. The topological polar surface area (TPSA) is 82.4 Å². The normalized spacial score (nSPS) is 11.0. The molecule has 0 aliphatic carbocycles. The Morgan fingerprint density at radius 3 is 2.75 bits per heavy atom. The van der Waals surface area contributed by atoms with Gasteiger partial charge in [0.05, 0.1) is 16.7 Å². The highest BCUT2D eigenvalue weighted by Crippen LogP contribution is 2.28. The first kappa shape index (κ1) is 16.7. The number of thioether (sulfide) groups is 1. The van der Waals surface area contributed by atoms with Crippen molar-refractivity contribution in [2.75, 3.05) is 0 Å². The lowest BCUT2D eigenvalue weighted by Crippen LogP contribution is -2.11. The summed E-state index contributed by atoms with van der Waals surface area (Å²) in [4.78, 5) is 26.0. The van der Waals surface area contributed by atoms with Gasteiger partial charge < -0.3 is 4.98 Å². The van der Waals surface area contributed by atoms with Crippen molar-refractivity contribution in [2.24, 2.45) is 0 Å². The van der Waals surface area contributed by atoms with Gasteiger partial charge in [-0.25, -0.2) is 9.97 Å². The second-order valence-corrected chi connectivity index (χ2v) is 7.80. The van der Waals surface area contributed by atoms with E-state index in [-0.39, 0.29) is 5.56 Å². The lowest BCUT2D eigenvalue weighted by molar-refractivity contribution is 1.01. The zero-order chi connectivity index (χ0) is 17.4. The summed E-state index contributed by atoms with van der Waals surface area (Å²) in [6, 6.07) is 4.10. The molecular weight excluding hydrogens is 340 g/mol. The van der Waals surface area contributed by atoms with E-state index in [2.05, 4.69) is 21.0 Å². The summed E-state index contributed by atoms with van der Waals surface area (Å²) in [5.74, 6) is 1.06. The van der Waals surface area contributed by atoms with Gasteiger partial charge in [0, 0.05) is 10.6 Å². The fourth-order valence-corrected chi connectivity index (χ4v) is 4.57. The summed E-state index contributed by atoms with van der Waals surface area (Å²) < 4.78 is 0. The van der Waals surface area contributed by atoms with E-state index in [1.54, 1.807) is 0 Å². The molecule has 5 nitrogen and oxygen atoms in total. The van der Waals surface area contributed by atoms with Crippen molar-refractivity contribution in [1.29, 1.82) is 5.26 Å². The largest absolute Gasteiger partial charge is 0.309 e. The molecule has 0 unspecified atom stereocenters. The molecule has 122 valence electrons. The van der Waals surface area contributed by atoms with Gasteiger partial charge in [-0.1, -0.05) is 11.8 Å². The van der Waals surface area contributed by atoms with Crippen molar-refractivity contribution in [3.05, 3.63) is 49.5 Å². The average Bonchev–Trinajstić information content (AvgIpc) is 2.80. The van der Waals surface area contributed by atoms with Gasteiger partial charge in [0.15, 0.2) is 0 Å². The van der Waals surface area contributed by atoms with Gasteiger partial charge >= 0.3 is 0 Å². The van der Waals surface area contributed by atoms with Crippen LogP contribution in [0, 0.1) is 39.0 Å². The van der Waals surface area contributed by atoms with Crippen LogP contribution in [0.4, 0.5) is 0 Å². The van der Waals surface area contributed by atoms with E-state index in [0.29, 0.717) is 27.6 Å². The van der Waals surface area contributed by atoms with Crippen LogP contribution in [0.25, 0.3) is 10.2 Å². The number of nitrogens with one attached hydrogen (secondary N) is 1. The number of H-pyrrole nitrogens is 1. The third kappa shape index (κ3) is 2.95. The van der Waals surface area contributed by atoms with Gasteiger partial charge in [-0.2, -0.15) is 5.26 Å². The number of nitrogens with zero attached hydrogens (tertiary/aromatic N) is 3. The maximum absolute atomic E-state index is 12.3. The van der Waals surface area contributed by atoms with Crippen molar-refractivity contribution < 1.29 is 0 Å². The highest BCUT2D eigenvalue weighted by Gasteiger charge is 2.14. The van der Waals surface area contributed by atoms with Gasteiger partial charge in [0.1, 0.15) is 21.7 Å². The Hall–Kier alpha value is -2.17. The summed E-state index contributed by atoms with van der Waals surface area (Å²) in [6.07, 6.45) is 0. The predicted octanol–water partition coefficient (Wildman–Crippen LogP) is 3.78. The van der Waals surface area contributed by atoms with Crippen molar-refractivity contribution in [3.8, 4) is 6.07 Å². The standard InChI is InChI=1S/C17H16N4OS2/c1-8-5-9(2)19-16(12(8)6-18)23-7-13-20-15(22)14-10(3)11(4)24-17(14)21-13/h5H,7H2,1-4H3,(H,20,21,22). The number of pyridine rings is 1. The van der Waals surface area contributed by atoms with Crippen LogP contribution in [0.3, 0.4) is 0 Å². The minimum atomic E-state index is -0.105. The number of hydrogen-bond acceptors (Lipinski definition) is 6. The number of rotatable bonds is 3. The first-order valence-corrected chi connectivity index (χ1v) is 9.21. The van der Waals surface area contributed by atoms with Crippen LogP contribution in [-0.2, 0) is 5.75 Å². The van der Waals surface area contributed by atoms with Crippen LogP contribution in [0.1, 0.15) is 33.1 Å². The predicted molar refractivity (Wildman–Crippen MR) is 97.7 cm³/mol. The molecule has 3 rings (SSSR count). The monoisotopic (exact) mass is 356 g/mol. The van der Waals surface area contributed by atoms with E-state index >= 15 is 0 Å². The van der Waals surface area contributed by atoms with Gasteiger partial charge in [0.25, 0.3) is 5.56 Å². The van der Waals surface area contributed by atoms with Gasteiger partial charge in [-0.3, -0.25) is 4.79 Å². The lowest BCUT2D eigenvalue weighted by atomic mass is 10.1. The molecule has 0 atom stereocenters. The fraction of sp³-hybridized carbons (Fsp3) is 0.294. The Morgan fingerprint density at radius 2 is 2.04 bits per heavy atom. The molecule has 3 aromatic heterocycles. The maximum Gasteiger partial charge on any atom is 0.259 e. The quantitative estimate of drug-likeness (QED) is 0.722. The average molecular weight is 356 g/mol. The van der Waals surface area contributed by atoms with Crippen LogP contribution in [0.15, 0.2) is 15.9 Å². The molecule has 0 amide bonds. The zero-order valence-electron chi connectivity index (χ0n) is 13.9. The second-order valence-electron chi connectivity index (χ2n) is 5.64. The minimum Gasteiger partial charge on any atom is -0.309 e. The first-order chi connectivity index (χ1) is 11.4. The van der Waals surface area contributed by atoms with E-state index < -0.39 is 0 Å². The Morgan fingerprint density at radius 1 is 1.29 bits per heavy atom. The summed E-state index contributed by atoms with van der Waals surface area (Å²) in [5.41, 5.74) is 3.25. The lowest BCUT2D eigenvalue weighted by Gasteiger charge is -2.07. The van der Waals surface area contributed by atoms with Gasteiger partial charge in [0.2, 0.25) is 0 Å². The van der Waals surface area contributed by atoms with E-state index in [1.807, 2.05) is 33.8 Å². The summed E-state index contributed by atoms with van der Waals surface area (Å²) >= 11 is 2.95. The molecule has 0 bridgehead atoms. The molecule has 0 radical (unpaired) electrons. The SMILES string of the molecule is Cc1cc(C)c(C#N)c(SCc2nc3sc(C)c(C)c3c(=O)[nH]2)n1. The minimum absolute atomic E-state index is 0.105. The van der Waals surface area contributed by atoms with E-state index in [0.717, 1.165) is 26.5 Å². The maximum atomic E-state index is 12.3. The molecule has 0 saturated heterocycles. The second kappa shape index (κ2) is 6.38. The number of aryl methyl sites for hydroxylation is 4. The van der Waals surface area contributed by atoms with Gasteiger partial charge in [-0.05, 0) is 44.9 Å². The molecule has 0 aromatic carbocycles. The molecule has 24 heavy (non-hydrogen) atoms. The first-order valence-electron chi connectivity index (χ1n) is 7.40. The molecular formula is C17H16N4OS2. The van der Waals surface area contributed by atoms with Crippen LogP contribution in [0.5, 0.6) is 0 Å². The van der Waals surface area contributed by atoms with E-state index in [1.165, 1.54) is 23.1 Å². The van der Waals surface area contributed by atoms with Crippen LogP contribution in [-0.4, -0.2) is 15.0 Å². The molecule has 0 spiro atoms. The van der Waals surface area contributed by atoms with Crippen LogP contribution in [0.2, 0.25) is 0 Å². The molecule has 0 saturated carbocycles. The van der Waals surface area contributed by atoms with E-state index in [9.17, 15) is 10.1 Å². The Labute approximate surface area is 147 Å². The van der Waals surface area contributed by atoms with Crippen molar-refractivity contribution >= 4 is 33.3 Å². The van der Waals surface area contributed by atoms with Crippen molar-refractivity contribution in [1.82, 2.24) is 15.0 Å². The highest BCUT2D eigenvalue weighted by atomic mass is 32.2. The van der Waals surface area contributed by atoms with Crippen molar-refractivity contribution in [3.63, 3.8) is 0 Å². The molecule has 0 aliphatic heterocycles. The van der Waals surface area contributed by atoms with E-state index in [4.69, 9.17) is 0 Å². The third-order valence-corrected chi connectivity index (χ3v) is 5.94. The van der Waals surface area contributed by atoms with Crippen LogP contribution >= 0.6 is 23.1 Å². The Balaban J connectivity index is 1.95. The highest BCUT2D eigenvalue weighted by molar-refractivity contribution is 7.98. The molecule has 0 aliphatic rings. The molecule has 0 fully saturated rings. The van der Waals surface area contributed by atoms with Crippen molar-refractivity contribution in [2.45, 2.75) is 38.5 Å². The smallest absolute Gasteiger partial charge is 0.259 e. The Kier molecular flexibility index (Phi) is 4.43. The number of fused-ring (bicyclic) bond motifs is 1. The zero-order valence-corrected chi connectivity index (χ0v) is 15.5. The molecule has 3 heterocycles. The summed E-state index contributed by atoms with van der Waals surface area (Å²) in [7, 11) is 0. The van der Waals surface area contributed by atoms with Gasteiger partial charge in [-0.15, -0.1) is 11.3 Å². The third-order valence-electron chi connectivity index (χ3n) is 3.86. The number of hydrogen-bond donors (Lipinski definition) is 1. The molecule has 1 N–H and O–H groups in total. The number of aromatic amines is 1. The Bertz CT molecular complexity index is 1040. The summed E-state index contributed by atoms with van der Waals surface area (Å²) in [5, 5.41) is 10.7. The summed E-state index contributed by atoms with van der Waals surface area (Å²) in [6.45, 7) is 7.74. The fourth-order valence-electron chi connectivity index (χ4n) is 2.55. The molecule has 3 aromatic rings.